The number of ether oxygens (including phenoxy) is 2. The molecule has 138 valence electrons. The predicted octanol–water partition coefficient (Wildman–Crippen LogP) is 4.33. The van der Waals surface area contributed by atoms with E-state index in [9.17, 15) is 0 Å². The topological polar surface area (TPSA) is 70.3 Å². The molecule has 0 N–H and O–H groups in total. The molecule has 6 nitrogen and oxygen atoms in total. The van der Waals surface area contributed by atoms with Gasteiger partial charge in [-0.25, -0.2) is 4.98 Å². The zero-order valence-electron chi connectivity index (χ0n) is 15.4. The van der Waals surface area contributed by atoms with Gasteiger partial charge in [0.05, 0.1) is 17.9 Å². The Bertz CT molecular complexity index is 933. The summed E-state index contributed by atoms with van der Waals surface area (Å²) in [5, 5.41) is 7.99. The molecular weight excluding hydrogens is 342 g/mol. The summed E-state index contributed by atoms with van der Waals surface area (Å²) in [6, 6.07) is 15.4. The fraction of sp³-hybridized carbons (Fsp3) is 0.190. The number of pyridine rings is 1. The lowest BCUT2D eigenvalue weighted by molar-refractivity contribution is 0.244. The highest BCUT2D eigenvalue weighted by atomic mass is 16.5. The first-order chi connectivity index (χ1) is 13.2. The van der Waals surface area contributed by atoms with E-state index < -0.39 is 0 Å². The number of nitrogens with zero attached hydrogens (tertiary/aromatic N) is 3. The van der Waals surface area contributed by atoms with Crippen LogP contribution in [0, 0.1) is 6.92 Å². The van der Waals surface area contributed by atoms with E-state index in [0.29, 0.717) is 47.9 Å². The highest BCUT2D eigenvalue weighted by molar-refractivity contribution is 5.74. The second kappa shape index (κ2) is 8.80. The Kier molecular flexibility index (Phi) is 5.99. The average Bonchev–Trinajstić information content (AvgIpc) is 3.12. The smallest absolute Gasteiger partial charge is 0.250 e. The number of allylic oxidation sites excluding steroid dienone is 1. The zero-order chi connectivity index (χ0) is 19.1. The largest absolute Gasteiger partial charge is 0.494 e. The Morgan fingerprint density at radius 2 is 1.93 bits per heavy atom. The molecule has 0 bridgehead atoms. The number of hydrogen-bond donors (Lipinski definition) is 0. The third-order valence-corrected chi connectivity index (χ3v) is 3.62. The standard InChI is InChI=1S/C21H21N3O3/c1-4-25-15(2)13-18(21-24-23-16(3)27-21)19-11-8-12-20(22-19)26-14-17-9-6-5-7-10-17/h5-13H,2,4,14H2,1,3H3. The van der Waals surface area contributed by atoms with Crippen LogP contribution in [0.1, 0.15) is 30.0 Å². The summed E-state index contributed by atoms with van der Waals surface area (Å²) in [6.45, 7) is 8.47. The molecule has 2 aromatic heterocycles. The summed E-state index contributed by atoms with van der Waals surface area (Å²) < 4.78 is 16.8. The van der Waals surface area contributed by atoms with Gasteiger partial charge in [-0.15, -0.1) is 10.2 Å². The minimum Gasteiger partial charge on any atom is -0.494 e. The van der Waals surface area contributed by atoms with Crippen LogP contribution in [-0.4, -0.2) is 21.8 Å². The van der Waals surface area contributed by atoms with E-state index in [1.807, 2.05) is 49.4 Å². The molecule has 0 aliphatic rings. The van der Waals surface area contributed by atoms with Crippen molar-refractivity contribution >= 4 is 5.57 Å². The van der Waals surface area contributed by atoms with Gasteiger partial charge in [0.25, 0.3) is 0 Å². The fourth-order valence-electron chi connectivity index (χ4n) is 2.42. The van der Waals surface area contributed by atoms with E-state index in [2.05, 4.69) is 21.8 Å². The molecule has 3 rings (SSSR count). The Morgan fingerprint density at radius 3 is 2.63 bits per heavy atom. The van der Waals surface area contributed by atoms with Gasteiger partial charge in [0.2, 0.25) is 17.7 Å². The molecule has 0 aliphatic heterocycles. The SMILES string of the molecule is C=C(C=C(c1cccc(OCc2ccccc2)n1)c1nnc(C)o1)OCC. The molecule has 3 aromatic rings. The van der Waals surface area contributed by atoms with Crippen LogP contribution in [-0.2, 0) is 11.3 Å². The molecular formula is C21H21N3O3. The lowest BCUT2D eigenvalue weighted by atomic mass is 10.1. The molecule has 0 saturated carbocycles. The number of aromatic nitrogens is 3. The van der Waals surface area contributed by atoms with Gasteiger partial charge in [-0.2, -0.15) is 0 Å². The number of aryl methyl sites for hydroxylation is 1. The maximum atomic E-state index is 5.82. The first-order valence-electron chi connectivity index (χ1n) is 8.63. The van der Waals surface area contributed by atoms with Crippen LogP contribution >= 0.6 is 0 Å². The minimum atomic E-state index is 0.348. The molecule has 6 heteroatoms. The molecule has 0 atom stereocenters. The molecule has 0 fully saturated rings. The molecule has 0 aliphatic carbocycles. The summed E-state index contributed by atoms with van der Waals surface area (Å²) in [6.07, 6.45) is 1.74. The maximum Gasteiger partial charge on any atom is 0.250 e. The summed E-state index contributed by atoms with van der Waals surface area (Å²) in [5.41, 5.74) is 2.32. The van der Waals surface area contributed by atoms with E-state index in [0.717, 1.165) is 5.56 Å². The van der Waals surface area contributed by atoms with Gasteiger partial charge in [0, 0.05) is 13.0 Å². The Balaban J connectivity index is 1.87. The summed E-state index contributed by atoms with van der Waals surface area (Å²) in [7, 11) is 0. The number of benzene rings is 1. The molecule has 0 unspecified atom stereocenters. The Morgan fingerprint density at radius 1 is 1.11 bits per heavy atom. The van der Waals surface area contributed by atoms with Crippen molar-refractivity contribution in [2.75, 3.05) is 6.61 Å². The van der Waals surface area contributed by atoms with Crippen LogP contribution in [0.25, 0.3) is 5.57 Å². The van der Waals surface area contributed by atoms with Crippen molar-refractivity contribution in [2.45, 2.75) is 20.5 Å². The van der Waals surface area contributed by atoms with E-state index in [4.69, 9.17) is 13.9 Å². The van der Waals surface area contributed by atoms with Gasteiger partial charge in [-0.05, 0) is 24.6 Å². The molecule has 27 heavy (non-hydrogen) atoms. The molecule has 1 aromatic carbocycles. The molecule has 0 spiro atoms. The van der Waals surface area contributed by atoms with Crippen molar-refractivity contribution in [3.8, 4) is 5.88 Å². The van der Waals surface area contributed by atoms with Crippen LogP contribution in [0.5, 0.6) is 5.88 Å². The van der Waals surface area contributed by atoms with Crippen LogP contribution in [0.4, 0.5) is 0 Å². The summed E-state index contributed by atoms with van der Waals surface area (Å²) in [4.78, 5) is 4.57. The molecule has 0 amide bonds. The first kappa shape index (κ1) is 18.4. The quantitative estimate of drug-likeness (QED) is 0.438. The lowest BCUT2D eigenvalue weighted by Crippen LogP contribution is -2.00. The predicted molar refractivity (Wildman–Crippen MR) is 102 cm³/mol. The third-order valence-electron chi connectivity index (χ3n) is 3.62. The van der Waals surface area contributed by atoms with Gasteiger partial charge >= 0.3 is 0 Å². The highest BCUT2D eigenvalue weighted by Gasteiger charge is 2.15. The van der Waals surface area contributed by atoms with E-state index >= 15 is 0 Å². The van der Waals surface area contributed by atoms with Gasteiger partial charge in [0.1, 0.15) is 12.4 Å². The fourth-order valence-corrected chi connectivity index (χ4v) is 2.42. The van der Waals surface area contributed by atoms with E-state index in [-0.39, 0.29) is 0 Å². The van der Waals surface area contributed by atoms with Crippen molar-refractivity contribution in [3.63, 3.8) is 0 Å². The lowest BCUT2D eigenvalue weighted by Gasteiger charge is -2.09. The number of hydrogen-bond acceptors (Lipinski definition) is 6. The van der Waals surface area contributed by atoms with Gasteiger partial charge < -0.3 is 13.9 Å². The van der Waals surface area contributed by atoms with E-state index in [1.54, 1.807) is 19.1 Å². The Labute approximate surface area is 158 Å². The van der Waals surface area contributed by atoms with Crippen molar-refractivity contribution in [1.82, 2.24) is 15.2 Å². The van der Waals surface area contributed by atoms with Crippen molar-refractivity contribution < 1.29 is 13.9 Å². The van der Waals surface area contributed by atoms with Crippen LogP contribution in [0.15, 0.2) is 71.4 Å². The molecule has 2 heterocycles. The van der Waals surface area contributed by atoms with Gasteiger partial charge in [-0.1, -0.05) is 43.0 Å². The van der Waals surface area contributed by atoms with E-state index in [1.165, 1.54) is 0 Å². The first-order valence-corrected chi connectivity index (χ1v) is 8.63. The van der Waals surface area contributed by atoms with Crippen LogP contribution in [0.2, 0.25) is 0 Å². The van der Waals surface area contributed by atoms with Crippen molar-refractivity contribution in [1.29, 1.82) is 0 Å². The Hall–Kier alpha value is -3.41. The molecule has 0 saturated heterocycles. The van der Waals surface area contributed by atoms with Gasteiger partial charge in [0.15, 0.2) is 0 Å². The second-order valence-electron chi connectivity index (χ2n) is 5.72. The summed E-state index contributed by atoms with van der Waals surface area (Å²) >= 11 is 0. The van der Waals surface area contributed by atoms with Crippen molar-refractivity contribution in [3.05, 3.63) is 90.0 Å². The monoisotopic (exact) mass is 363 g/mol. The van der Waals surface area contributed by atoms with Gasteiger partial charge in [-0.3, -0.25) is 0 Å². The van der Waals surface area contributed by atoms with Crippen molar-refractivity contribution in [2.24, 2.45) is 0 Å². The normalized spacial score (nSPS) is 11.3. The highest BCUT2D eigenvalue weighted by Crippen LogP contribution is 2.24. The molecule has 0 radical (unpaired) electrons. The zero-order valence-corrected chi connectivity index (χ0v) is 15.4. The van der Waals surface area contributed by atoms with Crippen LogP contribution < -0.4 is 4.74 Å². The summed E-state index contributed by atoms with van der Waals surface area (Å²) in [5.74, 6) is 1.80. The maximum absolute atomic E-state index is 5.82. The minimum absolute atomic E-state index is 0.348. The number of rotatable bonds is 8. The average molecular weight is 363 g/mol. The third kappa shape index (κ3) is 5.04. The second-order valence-corrected chi connectivity index (χ2v) is 5.72. The van der Waals surface area contributed by atoms with Crippen LogP contribution in [0.3, 0.4) is 0 Å².